The molecule has 1 aromatic carbocycles. The molecule has 1 unspecified atom stereocenters. The van der Waals surface area contributed by atoms with Crippen molar-refractivity contribution >= 4 is 40.7 Å². The molecule has 144 valence electrons. The van der Waals surface area contributed by atoms with E-state index in [4.69, 9.17) is 23.2 Å². The molecule has 1 aliphatic rings. The lowest BCUT2D eigenvalue weighted by molar-refractivity contribution is -0.130. The molecule has 1 N–H and O–H groups in total. The van der Waals surface area contributed by atoms with Gasteiger partial charge in [0, 0.05) is 38.8 Å². The third-order valence-corrected chi connectivity index (χ3v) is 5.16. The molecule has 0 saturated carbocycles. The van der Waals surface area contributed by atoms with Crippen LogP contribution in [0.3, 0.4) is 0 Å². The highest BCUT2D eigenvalue weighted by atomic mass is 35.5. The Balaban J connectivity index is 1.92. The average Bonchev–Trinajstić information content (AvgIpc) is 2.82. The minimum Gasteiger partial charge on any atom is -0.348 e. The second-order valence-electron chi connectivity index (χ2n) is 6.74. The van der Waals surface area contributed by atoms with Crippen LogP contribution in [0.25, 0.3) is 0 Å². The Hall–Kier alpha value is -1.34. The number of hydrogen-bond acceptors (Lipinski definition) is 4. The van der Waals surface area contributed by atoms with E-state index in [1.807, 2.05) is 6.92 Å². The van der Waals surface area contributed by atoms with Crippen LogP contribution >= 0.6 is 23.2 Å². The molecule has 1 atom stereocenters. The van der Waals surface area contributed by atoms with Crippen molar-refractivity contribution in [3.05, 3.63) is 28.2 Å². The molecule has 1 aromatic rings. The van der Waals surface area contributed by atoms with Gasteiger partial charge in [0.1, 0.15) is 0 Å². The van der Waals surface area contributed by atoms with E-state index < -0.39 is 0 Å². The number of amides is 2. The zero-order valence-electron chi connectivity index (χ0n) is 15.5. The van der Waals surface area contributed by atoms with Gasteiger partial charge < -0.3 is 10.2 Å². The summed E-state index contributed by atoms with van der Waals surface area (Å²) in [6.45, 7) is 5.46. The third kappa shape index (κ3) is 5.84. The van der Waals surface area contributed by atoms with E-state index in [2.05, 4.69) is 15.1 Å². The van der Waals surface area contributed by atoms with E-state index in [1.165, 1.54) is 0 Å². The summed E-state index contributed by atoms with van der Waals surface area (Å²) in [6, 6.07) is 4.69. The normalized spacial score (nSPS) is 17.4. The van der Waals surface area contributed by atoms with Crippen molar-refractivity contribution in [2.75, 3.05) is 52.1 Å². The monoisotopic (exact) mass is 400 g/mol. The standard InChI is InChI=1S/C18H26Cl2N4O2/c1-13(18(26)21-16-11-14(19)5-6-15(16)20)24-8-4-7-23(9-10-24)12-17(25)22(2)3/h5-6,11,13H,4,7-10,12H2,1-3H3,(H,21,26). The van der Waals surface area contributed by atoms with Gasteiger partial charge >= 0.3 is 0 Å². The summed E-state index contributed by atoms with van der Waals surface area (Å²) in [5.41, 5.74) is 0.518. The number of nitrogens with zero attached hydrogens (tertiary/aromatic N) is 3. The van der Waals surface area contributed by atoms with Gasteiger partial charge in [-0.2, -0.15) is 0 Å². The zero-order valence-corrected chi connectivity index (χ0v) is 17.0. The summed E-state index contributed by atoms with van der Waals surface area (Å²) in [4.78, 5) is 30.4. The molecule has 0 aromatic heterocycles. The SMILES string of the molecule is CC(C(=O)Nc1cc(Cl)ccc1Cl)N1CCCN(CC(=O)N(C)C)CC1. The van der Waals surface area contributed by atoms with Crippen LogP contribution in [0.5, 0.6) is 0 Å². The molecule has 26 heavy (non-hydrogen) atoms. The van der Waals surface area contributed by atoms with Gasteiger partial charge in [-0.1, -0.05) is 23.2 Å². The first-order valence-electron chi connectivity index (χ1n) is 8.70. The fourth-order valence-electron chi connectivity index (χ4n) is 2.87. The van der Waals surface area contributed by atoms with Gasteiger partial charge in [-0.15, -0.1) is 0 Å². The highest BCUT2D eigenvalue weighted by Gasteiger charge is 2.25. The van der Waals surface area contributed by atoms with Crippen LogP contribution in [0.2, 0.25) is 10.0 Å². The van der Waals surface area contributed by atoms with Crippen molar-refractivity contribution in [3.8, 4) is 0 Å². The number of anilines is 1. The van der Waals surface area contributed by atoms with Crippen LogP contribution in [0.15, 0.2) is 18.2 Å². The van der Waals surface area contributed by atoms with Crippen LogP contribution in [-0.2, 0) is 9.59 Å². The Bertz CT molecular complexity index is 654. The Morgan fingerprint density at radius 2 is 1.92 bits per heavy atom. The fourth-order valence-corrected chi connectivity index (χ4v) is 3.20. The van der Waals surface area contributed by atoms with Gasteiger partial charge in [0.25, 0.3) is 0 Å². The largest absolute Gasteiger partial charge is 0.348 e. The summed E-state index contributed by atoms with van der Waals surface area (Å²) < 4.78 is 0. The number of carbonyl (C=O) groups is 2. The molecular formula is C18H26Cl2N4O2. The highest BCUT2D eigenvalue weighted by Crippen LogP contribution is 2.25. The smallest absolute Gasteiger partial charge is 0.241 e. The zero-order chi connectivity index (χ0) is 19.3. The lowest BCUT2D eigenvalue weighted by Gasteiger charge is -2.27. The van der Waals surface area contributed by atoms with E-state index in [0.29, 0.717) is 22.3 Å². The minimum atomic E-state index is -0.297. The predicted octanol–water partition coefficient (Wildman–Crippen LogP) is 2.42. The number of halogens is 2. The molecular weight excluding hydrogens is 375 g/mol. The first kappa shape index (κ1) is 21.0. The van der Waals surface area contributed by atoms with Crippen molar-refractivity contribution in [2.24, 2.45) is 0 Å². The summed E-state index contributed by atoms with van der Waals surface area (Å²) in [7, 11) is 3.53. The molecule has 0 radical (unpaired) electrons. The van der Waals surface area contributed by atoms with Gasteiger partial charge in [-0.05, 0) is 38.1 Å². The lowest BCUT2D eigenvalue weighted by atomic mass is 10.2. The van der Waals surface area contributed by atoms with E-state index in [-0.39, 0.29) is 17.9 Å². The van der Waals surface area contributed by atoms with Crippen molar-refractivity contribution in [1.29, 1.82) is 0 Å². The third-order valence-electron chi connectivity index (χ3n) is 4.59. The van der Waals surface area contributed by atoms with Crippen LogP contribution in [-0.4, -0.2) is 79.4 Å². The molecule has 1 fully saturated rings. The van der Waals surface area contributed by atoms with Gasteiger partial charge in [0.15, 0.2) is 0 Å². The van der Waals surface area contributed by atoms with E-state index in [9.17, 15) is 9.59 Å². The fraction of sp³-hybridized carbons (Fsp3) is 0.556. The van der Waals surface area contributed by atoms with Gasteiger partial charge in [-0.25, -0.2) is 0 Å². The van der Waals surface area contributed by atoms with E-state index in [0.717, 1.165) is 32.6 Å². The number of likely N-dealkylation sites (N-methyl/N-ethyl adjacent to an activating group) is 1. The highest BCUT2D eigenvalue weighted by molar-refractivity contribution is 6.35. The maximum absolute atomic E-state index is 12.6. The van der Waals surface area contributed by atoms with Crippen molar-refractivity contribution in [3.63, 3.8) is 0 Å². The summed E-state index contributed by atoms with van der Waals surface area (Å²) in [5, 5.41) is 3.83. The molecule has 2 rings (SSSR count). The van der Waals surface area contributed by atoms with Crippen molar-refractivity contribution in [2.45, 2.75) is 19.4 Å². The summed E-state index contributed by atoms with van der Waals surface area (Å²) in [5.74, 6) is -0.0215. The molecule has 1 saturated heterocycles. The molecule has 0 aliphatic carbocycles. The average molecular weight is 401 g/mol. The lowest BCUT2D eigenvalue weighted by Crippen LogP contribution is -2.44. The first-order valence-corrected chi connectivity index (χ1v) is 9.46. The number of benzene rings is 1. The maximum Gasteiger partial charge on any atom is 0.241 e. The van der Waals surface area contributed by atoms with Crippen LogP contribution < -0.4 is 5.32 Å². The Morgan fingerprint density at radius 1 is 1.19 bits per heavy atom. The van der Waals surface area contributed by atoms with Gasteiger partial charge in [0.05, 0.1) is 23.3 Å². The minimum absolute atomic E-state index is 0.0971. The second kappa shape index (κ2) is 9.55. The predicted molar refractivity (Wildman–Crippen MR) is 106 cm³/mol. The van der Waals surface area contributed by atoms with Gasteiger partial charge in [-0.3, -0.25) is 19.4 Å². The van der Waals surface area contributed by atoms with E-state index >= 15 is 0 Å². The molecule has 6 nitrogen and oxygen atoms in total. The van der Waals surface area contributed by atoms with E-state index in [1.54, 1.807) is 37.2 Å². The van der Waals surface area contributed by atoms with Crippen LogP contribution in [0.1, 0.15) is 13.3 Å². The Kier molecular flexibility index (Phi) is 7.70. The first-order chi connectivity index (χ1) is 12.3. The Morgan fingerprint density at radius 3 is 2.62 bits per heavy atom. The number of rotatable bonds is 5. The van der Waals surface area contributed by atoms with Gasteiger partial charge in [0.2, 0.25) is 11.8 Å². The number of nitrogens with one attached hydrogen (secondary N) is 1. The van der Waals surface area contributed by atoms with Crippen LogP contribution in [0.4, 0.5) is 5.69 Å². The molecule has 0 bridgehead atoms. The molecule has 1 heterocycles. The van der Waals surface area contributed by atoms with Crippen molar-refractivity contribution in [1.82, 2.24) is 14.7 Å². The molecule has 8 heteroatoms. The van der Waals surface area contributed by atoms with Crippen molar-refractivity contribution < 1.29 is 9.59 Å². The molecule has 0 spiro atoms. The quantitative estimate of drug-likeness (QED) is 0.824. The molecule has 2 amide bonds. The Labute approximate surface area is 165 Å². The molecule has 1 aliphatic heterocycles. The van der Waals surface area contributed by atoms with Crippen LogP contribution in [0, 0.1) is 0 Å². The maximum atomic E-state index is 12.6. The number of hydrogen-bond donors (Lipinski definition) is 1. The summed E-state index contributed by atoms with van der Waals surface area (Å²) in [6.07, 6.45) is 0.913. The summed E-state index contributed by atoms with van der Waals surface area (Å²) >= 11 is 12.1. The topological polar surface area (TPSA) is 55.9 Å². The number of carbonyl (C=O) groups excluding carboxylic acids is 2. The second-order valence-corrected chi connectivity index (χ2v) is 7.59.